The molecule has 0 aliphatic carbocycles. The van der Waals surface area contributed by atoms with Crippen LogP contribution in [0.25, 0.3) is 16.3 Å². The van der Waals surface area contributed by atoms with Crippen LogP contribution in [0.2, 0.25) is 5.02 Å². The number of hydrogen-bond acceptors (Lipinski definition) is 14. The number of fused-ring (bicyclic) bond motifs is 3. The number of benzene rings is 2. The minimum atomic E-state index is -0.978. The molecule has 2 unspecified atom stereocenters. The monoisotopic (exact) mass is 1040 g/mol. The number of aliphatic hydroxyl groups is 1. The number of β-amino-alcohol motifs (C(OH)–C–C–N with tert-alkyl or cyclic N) is 1. The number of amides is 4. The van der Waals surface area contributed by atoms with Crippen molar-refractivity contribution in [3.63, 3.8) is 0 Å². The number of aromatic amines is 1. The molecule has 7 rings (SSSR count). The quantitative estimate of drug-likeness (QED) is 0.0618. The average molecular weight is 1040 g/mol. The van der Waals surface area contributed by atoms with Crippen LogP contribution in [0, 0.1) is 33.1 Å². The Morgan fingerprint density at radius 3 is 2.18 bits per heavy atom. The second-order valence-electron chi connectivity index (χ2n) is 19.4. The van der Waals surface area contributed by atoms with Crippen molar-refractivity contribution in [2.24, 2.45) is 10.4 Å². The van der Waals surface area contributed by atoms with Crippen LogP contribution in [0.15, 0.2) is 59.0 Å². The molecule has 4 atom stereocenters. The van der Waals surface area contributed by atoms with Gasteiger partial charge in [0, 0.05) is 54.9 Å². The van der Waals surface area contributed by atoms with Gasteiger partial charge in [-0.3, -0.25) is 28.7 Å². The first kappa shape index (κ1) is 54.9. The number of halogens is 1. The third kappa shape index (κ3) is 13.9. The molecule has 1 saturated heterocycles. The van der Waals surface area contributed by atoms with Crippen LogP contribution in [-0.4, -0.2) is 160 Å². The van der Waals surface area contributed by atoms with Gasteiger partial charge in [0.25, 0.3) is 0 Å². The van der Waals surface area contributed by atoms with Gasteiger partial charge in [0.1, 0.15) is 36.4 Å². The number of carbonyl (C=O) groups excluding carboxylic acids is 4. The fraction of sp³-hybridized carbons (Fsp3) is 0.500. The molecule has 0 bridgehead atoms. The van der Waals surface area contributed by atoms with E-state index >= 15 is 0 Å². The Morgan fingerprint density at radius 1 is 0.890 bits per heavy atom. The fourth-order valence-corrected chi connectivity index (χ4v) is 9.80. The van der Waals surface area contributed by atoms with Gasteiger partial charge in [-0.25, -0.2) is 4.98 Å². The summed E-state index contributed by atoms with van der Waals surface area (Å²) in [7, 11) is 1.68. The Morgan fingerprint density at radius 2 is 1.53 bits per heavy atom. The van der Waals surface area contributed by atoms with Crippen LogP contribution < -0.4 is 10.6 Å². The molecule has 2 aromatic carbocycles. The standard InChI is InChI=1S/C52H67ClN10O9S/c1-31-32(2)56-49-44(31)45(36-13-15-38(53)16-14-36)57-40(48-60-59-34(4)63(48)49)26-42(65)54-17-18-69-19-20-70-21-22-71-23-24-72-29-43(66)58-47(52(5,6)7)51(68)62-28-39(64)25-41(62)50(67)61(8)27-35-9-11-37(12-10-35)46-33(3)55-30-73-46/h9-16,30,39-41,47,56,64H,17-29H2,1-8H3,(H,54,65)(H,58,66)/t39-,40?,41+,47?/m1/s1. The molecule has 21 heteroatoms. The normalized spacial score (nSPS) is 16.9. The molecule has 73 heavy (non-hydrogen) atoms. The molecule has 4 N–H and O–H groups in total. The van der Waals surface area contributed by atoms with Gasteiger partial charge in [0.15, 0.2) is 5.82 Å². The van der Waals surface area contributed by atoms with Crippen LogP contribution in [0.5, 0.6) is 0 Å². The zero-order chi connectivity index (χ0) is 52.4. The highest BCUT2D eigenvalue weighted by atomic mass is 35.5. The van der Waals surface area contributed by atoms with Crippen molar-refractivity contribution in [1.82, 2.24) is 45.2 Å². The zero-order valence-corrected chi connectivity index (χ0v) is 44.4. The van der Waals surface area contributed by atoms with E-state index in [0.29, 0.717) is 56.2 Å². The molecule has 4 amide bonds. The number of likely N-dealkylation sites (N-methyl/N-ethyl adjacent to an activating group) is 1. The largest absolute Gasteiger partial charge is 0.391 e. The maximum absolute atomic E-state index is 14.1. The number of nitrogens with zero attached hydrogens (tertiary/aromatic N) is 7. The maximum Gasteiger partial charge on any atom is 0.246 e. The van der Waals surface area contributed by atoms with Crippen molar-refractivity contribution in [1.29, 1.82) is 0 Å². The highest BCUT2D eigenvalue weighted by Crippen LogP contribution is 2.35. The van der Waals surface area contributed by atoms with Crippen molar-refractivity contribution in [2.45, 2.75) is 92.1 Å². The van der Waals surface area contributed by atoms with Crippen LogP contribution >= 0.6 is 22.9 Å². The predicted octanol–water partition coefficient (Wildman–Crippen LogP) is 5.22. The number of aromatic nitrogens is 5. The third-order valence-corrected chi connectivity index (χ3v) is 14.0. The molecule has 0 saturated carbocycles. The number of ether oxygens (including phenoxy) is 4. The van der Waals surface area contributed by atoms with Gasteiger partial charge in [-0.1, -0.05) is 68.8 Å². The fourth-order valence-electron chi connectivity index (χ4n) is 8.86. The summed E-state index contributed by atoms with van der Waals surface area (Å²) in [5, 5.41) is 25.8. The van der Waals surface area contributed by atoms with Gasteiger partial charge < -0.3 is 49.5 Å². The highest BCUT2D eigenvalue weighted by molar-refractivity contribution is 7.13. The van der Waals surface area contributed by atoms with E-state index in [1.54, 1.807) is 23.3 Å². The molecular weight excluding hydrogens is 976 g/mol. The van der Waals surface area contributed by atoms with Crippen molar-refractivity contribution < 1.29 is 43.2 Å². The number of H-pyrrole nitrogens is 1. The lowest BCUT2D eigenvalue weighted by Crippen LogP contribution is -2.58. The van der Waals surface area contributed by atoms with E-state index < -0.39 is 41.5 Å². The lowest BCUT2D eigenvalue weighted by molar-refractivity contribution is -0.147. The third-order valence-electron chi connectivity index (χ3n) is 12.8. The summed E-state index contributed by atoms with van der Waals surface area (Å²) in [5.74, 6) is 0.626. The number of aryl methyl sites for hydroxylation is 3. The number of aliphatic hydroxyl groups excluding tert-OH is 1. The summed E-state index contributed by atoms with van der Waals surface area (Å²) < 4.78 is 24.4. The summed E-state index contributed by atoms with van der Waals surface area (Å²) in [6, 6.07) is 13.0. The first-order valence-electron chi connectivity index (χ1n) is 24.5. The molecule has 5 aromatic rings. The molecule has 392 valence electrons. The first-order chi connectivity index (χ1) is 34.9. The number of thiazole rings is 1. The van der Waals surface area contributed by atoms with Crippen LogP contribution in [0.3, 0.4) is 0 Å². The van der Waals surface area contributed by atoms with E-state index in [0.717, 1.165) is 55.6 Å². The Bertz CT molecular complexity index is 2730. The summed E-state index contributed by atoms with van der Waals surface area (Å²) >= 11 is 7.80. The van der Waals surface area contributed by atoms with Gasteiger partial charge in [-0.05, 0) is 61.9 Å². The number of nitrogens with one attached hydrogen (secondary N) is 3. The summed E-state index contributed by atoms with van der Waals surface area (Å²) in [4.78, 5) is 71.2. The highest BCUT2D eigenvalue weighted by Gasteiger charge is 2.45. The Labute approximate surface area is 435 Å². The van der Waals surface area contributed by atoms with E-state index in [1.165, 1.54) is 4.90 Å². The molecule has 5 heterocycles. The van der Waals surface area contributed by atoms with Crippen LogP contribution in [0.1, 0.15) is 84.9 Å². The molecule has 0 radical (unpaired) electrons. The zero-order valence-electron chi connectivity index (χ0n) is 42.8. The molecule has 2 aliphatic heterocycles. The van der Waals surface area contributed by atoms with Gasteiger partial charge in [0.2, 0.25) is 23.6 Å². The van der Waals surface area contributed by atoms with Crippen molar-refractivity contribution in [3.05, 3.63) is 104 Å². The molecule has 19 nitrogen and oxygen atoms in total. The number of rotatable bonds is 23. The van der Waals surface area contributed by atoms with Crippen molar-refractivity contribution >= 4 is 52.3 Å². The number of likely N-dealkylation sites (tertiary alicyclic amines) is 1. The van der Waals surface area contributed by atoms with Crippen molar-refractivity contribution in [2.75, 3.05) is 73.0 Å². The van der Waals surface area contributed by atoms with E-state index in [4.69, 9.17) is 35.5 Å². The molecule has 3 aromatic heterocycles. The molecule has 0 spiro atoms. The Balaban J connectivity index is 0.760. The average Bonchev–Trinajstić information content (AvgIpc) is 4.12. The number of carbonyl (C=O) groups is 4. The number of aliphatic imine (C=N–C) groups is 1. The lowest BCUT2D eigenvalue weighted by atomic mass is 9.85. The minimum Gasteiger partial charge on any atom is -0.391 e. The molecule has 1 fully saturated rings. The van der Waals surface area contributed by atoms with Crippen LogP contribution in [-0.2, 0) is 44.7 Å². The maximum atomic E-state index is 14.1. The van der Waals surface area contributed by atoms with Gasteiger partial charge in [0.05, 0.1) is 80.6 Å². The van der Waals surface area contributed by atoms with Gasteiger partial charge in [-0.15, -0.1) is 21.5 Å². The smallest absolute Gasteiger partial charge is 0.246 e. The van der Waals surface area contributed by atoms with E-state index in [1.807, 2.05) is 107 Å². The summed E-state index contributed by atoms with van der Waals surface area (Å²) in [5.41, 5.74) is 8.62. The summed E-state index contributed by atoms with van der Waals surface area (Å²) in [6.07, 6.45) is -0.725. The van der Waals surface area contributed by atoms with E-state index in [9.17, 15) is 24.3 Å². The van der Waals surface area contributed by atoms with Gasteiger partial charge >= 0.3 is 0 Å². The van der Waals surface area contributed by atoms with E-state index in [-0.39, 0.29) is 57.6 Å². The van der Waals surface area contributed by atoms with Crippen LogP contribution in [0.4, 0.5) is 0 Å². The molecule has 2 aliphatic rings. The second kappa shape index (κ2) is 24.9. The first-order valence-corrected chi connectivity index (χ1v) is 25.7. The van der Waals surface area contributed by atoms with Crippen molar-refractivity contribution in [3.8, 4) is 16.3 Å². The Hall–Kier alpha value is -5.87. The second-order valence-corrected chi connectivity index (χ2v) is 20.7. The topological polar surface area (TPSA) is 228 Å². The number of hydrogen-bond donors (Lipinski definition) is 4. The van der Waals surface area contributed by atoms with Gasteiger partial charge in [-0.2, -0.15) is 0 Å². The predicted molar refractivity (Wildman–Crippen MR) is 277 cm³/mol. The van der Waals surface area contributed by atoms with E-state index in [2.05, 4.69) is 30.8 Å². The lowest BCUT2D eigenvalue weighted by Gasteiger charge is -2.36. The molecular formula is C52H67ClN10O9S. The Kier molecular flexibility index (Phi) is 18.7. The summed E-state index contributed by atoms with van der Waals surface area (Å²) in [6.45, 7) is 15.6. The SMILES string of the molecule is Cc1ncsc1-c1ccc(CN(C)C(=O)[C@@H]2C[C@@H](O)CN2C(=O)C(NC(=O)COCCOCCOCCOCCNC(=O)CC2N=C(c3ccc(Cl)cc3)c3c([nH]c(C)c3C)-n3c(C)nnc32)C(C)(C)C)cc1. The minimum absolute atomic E-state index is 0.0201.